The van der Waals surface area contributed by atoms with Crippen LogP contribution in [0.15, 0.2) is 48.2 Å². The lowest BCUT2D eigenvalue weighted by Gasteiger charge is -2.09. The topological polar surface area (TPSA) is 58.2 Å². The maximum absolute atomic E-state index is 12.0. The zero-order chi connectivity index (χ0) is 15.2. The third-order valence-corrected chi connectivity index (χ3v) is 3.02. The lowest BCUT2D eigenvalue weighted by atomic mass is 10.0. The Morgan fingerprint density at radius 2 is 1.81 bits per heavy atom. The van der Waals surface area contributed by atoms with Gasteiger partial charge in [-0.15, -0.1) is 0 Å². The first kappa shape index (κ1) is 14.8. The average Bonchev–Trinajstić information content (AvgIpc) is 2.46. The first-order valence-corrected chi connectivity index (χ1v) is 6.87. The third kappa shape index (κ3) is 3.69. The molecule has 2 aromatic carbocycles. The lowest BCUT2D eigenvalue weighted by molar-refractivity contribution is -0.122. The van der Waals surface area contributed by atoms with E-state index in [1.807, 2.05) is 49.4 Å². The van der Waals surface area contributed by atoms with E-state index in [-0.39, 0.29) is 17.5 Å². The van der Waals surface area contributed by atoms with Gasteiger partial charge in [-0.2, -0.15) is 0 Å². The Balaban J connectivity index is 2.48. The highest BCUT2D eigenvalue weighted by Gasteiger charge is 2.10. The molecule has 0 aliphatic heterocycles. The number of carbonyl (C=O) groups is 2. The molecule has 108 valence electrons. The fourth-order valence-electron chi connectivity index (χ4n) is 2.14. The van der Waals surface area contributed by atoms with Crippen LogP contribution in [0.5, 0.6) is 0 Å². The fourth-order valence-corrected chi connectivity index (χ4v) is 2.14. The van der Waals surface area contributed by atoms with Crippen LogP contribution in [0.1, 0.15) is 19.4 Å². The Morgan fingerprint density at radius 1 is 1.10 bits per heavy atom. The van der Waals surface area contributed by atoms with Gasteiger partial charge >= 0.3 is 0 Å². The van der Waals surface area contributed by atoms with Crippen LogP contribution in [0, 0.1) is 0 Å². The molecular formula is C17H18N2O2. The summed E-state index contributed by atoms with van der Waals surface area (Å²) >= 11 is 0. The molecule has 21 heavy (non-hydrogen) atoms. The van der Waals surface area contributed by atoms with Gasteiger partial charge in [-0.25, -0.2) is 0 Å². The van der Waals surface area contributed by atoms with Gasteiger partial charge in [0.2, 0.25) is 5.91 Å². The number of amides is 2. The Bertz CT molecular complexity index is 700. The van der Waals surface area contributed by atoms with Crippen LogP contribution < -0.4 is 10.6 Å². The molecule has 0 spiro atoms. The van der Waals surface area contributed by atoms with Crippen molar-refractivity contribution in [2.45, 2.75) is 13.8 Å². The molecule has 0 fully saturated rings. The second-order valence-electron chi connectivity index (χ2n) is 4.67. The Kier molecular flexibility index (Phi) is 4.72. The van der Waals surface area contributed by atoms with Crippen LogP contribution in [0.3, 0.4) is 0 Å². The van der Waals surface area contributed by atoms with Gasteiger partial charge < -0.3 is 10.6 Å². The molecule has 0 aliphatic carbocycles. The number of nitrogens with one attached hydrogen (secondary N) is 2. The molecule has 4 heteroatoms. The number of likely N-dealkylation sites (N-methyl/N-ethyl adjacent to an activating group) is 1. The van der Waals surface area contributed by atoms with Crippen LogP contribution in [-0.2, 0) is 9.59 Å². The zero-order valence-corrected chi connectivity index (χ0v) is 12.1. The second-order valence-corrected chi connectivity index (χ2v) is 4.67. The highest BCUT2D eigenvalue weighted by atomic mass is 16.2. The molecule has 2 amide bonds. The van der Waals surface area contributed by atoms with Crippen molar-refractivity contribution < 1.29 is 9.59 Å². The molecule has 0 heterocycles. The molecule has 4 nitrogen and oxygen atoms in total. The largest absolute Gasteiger partial charge is 0.351 e. The predicted molar refractivity (Wildman–Crippen MR) is 84.4 cm³/mol. The van der Waals surface area contributed by atoms with E-state index in [2.05, 4.69) is 10.6 Å². The molecule has 0 radical (unpaired) electrons. The van der Waals surface area contributed by atoms with Crippen LogP contribution in [0.25, 0.3) is 16.8 Å². The van der Waals surface area contributed by atoms with Crippen molar-refractivity contribution in [1.82, 2.24) is 10.6 Å². The van der Waals surface area contributed by atoms with Crippen molar-refractivity contribution in [3.8, 4) is 0 Å². The summed E-state index contributed by atoms with van der Waals surface area (Å²) in [6.45, 7) is 3.72. The summed E-state index contributed by atoms with van der Waals surface area (Å²) < 4.78 is 0. The van der Waals surface area contributed by atoms with Gasteiger partial charge in [0, 0.05) is 13.5 Å². The van der Waals surface area contributed by atoms with E-state index in [0.29, 0.717) is 6.54 Å². The molecule has 0 saturated carbocycles. The summed E-state index contributed by atoms with van der Waals surface area (Å²) in [5.74, 6) is -0.562. The van der Waals surface area contributed by atoms with Gasteiger partial charge in [0.05, 0.1) is 0 Å². The number of benzene rings is 2. The summed E-state index contributed by atoms with van der Waals surface area (Å²) in [6.07, 6.45) is 1.70. The molecule has 0 unspecified atom stereocenters. The highest BCUT2D eigenvalue weighted by molar-refractivity contribution is 6.03. The summed E-state index contributed by atoms with van der Waals surface area (Å²) in [4.78, 5) is 23.3. The van der Waals surface area contributed by atoms with E-state index in [9.17, 15) is 9.59 Å². The SMILES string of the molecule is CCNC(=O)/C(=C\c1cccc2ccccc12)NC(C)=O. The van der Waals surface area contributed by atoms with E-state index in [4.69, 9.17) is 0 Å². The number of carbonyl (C=O) groups excluding carboxylic acids is 2. The normalized spacial score (nSPS) is 11.2. The molecular weight excluding hydrogens is 264 g/mol. The van der Waals surface area contributed by atoms with Gasteiger partial charge in [0.15, 0.2) is 0 Å². The van der Waals surface area contributed by atoms with E-state index >= 15 is 0 Å². The fraction of sp³-hybridized carbons (Fsp3) is 0.176. The third-order valence-electron chi connectivity index (χ3n) is 3.02. The zero-order valence-electron chi connectivity index (χ0n) is 12.1. The molecule has 0 atom stereocenters. The molecule has 0 aromatic heterocycles. The second kappa shape index (κ2) is 6.70. The van der Waals surface area contributed by atoms with Crippen molar-refractivity contribution in [1.29, 1.82) is 0 Å². The average molecular weight is 282 g/mol. The van der Waals surface area contributed by atoms with Crippen LogP contribution in [0.4, 0.5) is 0 Å². The number of hydrogen-bond acceptors (Lipinski definition) is 2. The van der Waals surface area contributed by atoms with Gasteiger partial charge in [-0.1, -0.05) is 42.5 Å². The van der Waals surface area contributed by atoms with Gasteiger partial charge in [0.25, 0.3) is 5.91 Å². The minimum atomic E-state index is -0.291. The lowest BCUT2D eigenvalue weighted by Crippen LogP contribution is -2.33. The molecule has 0 saturated heterocycles. The van der Waals surface area contributed by atoms with Crippen LogP contribution in [-0.4, -0.2) is 18.4 Å². The summed E-state index contributed by atoms with van der Waals surface area (Å²) in [5, 5.41) is 7.41. The summed E-state index contributed by atoms with van der Waals surface area (Å²) in [7, 11) is 0. The number of hydrogen-bond donors (Lipinski definition) is 2. The van der Waals surface area contributed by atoms with Crippen LogP contribution in [0.2, 0.25) is 0 Å². The van der Waals surface area contributed by atoms with Gasteiger partial charge in [-0.3, -0.25) is 9.59 Å². The minimum absolute atomic E-state index is 0.251. The minimum Gasteiger partial charge on any atom is -0.351 e. The maximum atomic E-state index is 12.0. The van der Waals surface area contributed by atoms with E-state index < -0.39 is 0 Å². The van der Waals surface area contributed by atoms with E-state index in [1.165, 1.54) is 6.92 Å². The van der Waals surface area contributed by atoms with Crippen molar-refractivity contribution in [2.24, 2.45) is 0 Å². The standard InChI is InChI=1S/C17H18N2O2/c1-3-18-17(21)16(19-12(2)20)11-14-9-6-8-13-7-4-5-10-15(13)14/h4-11H,3H2,1-2H3,(H,18,21)(H,19,20)/b16-11+. The molecule has 2 aromatic rings. The van der Waals surface area contributed by atoms with Crippen molar-refractivity contribution in [3.63, 3.8) is 0 Å². The molecule has 0 aliphatic rings. The van der Waals surface area contributed by atoms with Crippen molar-refractivity contribution >= 4 is 28.7 Å². The number of rotatable bonds is 4. The first-order valence-electron chi connectivity index (χ1n) is 6.87. The summed E-state index contributed by atoms with van der Waals surface area (Å²) in [6, 6.07) is 13.8. The Morgan fingerprint density at radius 3 is 2.52 bits per heavy atom. The molecule has 2 N–H and O–H groups in total. The maximum Gasteiger partial charge on any atom is 0.267 e. The van der Waals surface area contributed by atoms with Gasteiger partial charge in [0.1, 0.15) is 5.70 Å². The molecule has 0 bridgehead atoms. The first-order chi connectivity index (χ1) is 10.1. The Hall–Kier alpha value is -2.62. The van der Waals surface area contributed by atoms with Crippen molar-refractivity contribution in [3.05, 3.63) is 53.7 Å². The van der Waals surface area contributed by atoms with Gasteiger partial charge in [-0.05, 0) is 29.3 Å². The Labute approximate surface area is 123 Å². The van der Waals surface area contributed by atoms with E-state index in [1.54, 1.807) is 6.08 Å². The van der Waals surface area contributed by atoms with Crippen molar-refractivity contribution in [2.75, 3.05) is 6.54 Å². The monoisotopic (exact) mass is 282 g/mol. The van der Waals surface area contributed by atoms with Crippen LogP contribution >= 0.6 is 0 Å². The predicted octanol–water partition coefficient (Wildman–Crippen LogP) is 2.45. The number of fused-ring (bicyclic) bond motifs is 1. The van der Waals surface area contributed by atoms with E-state index in [0.717, 1.165) is 16.3 Å². The highest BCUT2D eigenvalue weighted by Crippen LogP contribution is 2.20. The smallest absolute Gasteiger partial charge is 0.267 e. The summed E-state index contributed by atoms with van der Waals surface area (Å²) in [5.41, 5.74) is 1.14. The quantitative estimate of drug-likeness (QED) is 0.846. The molecule has 2 rings (SSSR count).